The first-order chi connectivity index (χ1) is 9.76. The third-order valence-corrected chi connectivity index (χ3v) is 5.69. The molecular formula is C17H23NO2. The molecule has 2 saturated carbocycles. The van der Waals surface area contributed by atoms with E-state index in [1.807, 2.05) is 6.92 Å². The Morgan fingerprint density at radius 2 is 1.85 bits per heavy atom. The smallest absolute Gasteiger partial charge is 0.119 e. The maximum Gasteiger partial charge on any atom is 0.119 e. The molecule has 1 aromatic carbocycles. The third-order valence-electron chi connectivity index (χ3n) is 5.69. The van der Waals surface area contributed by atoms with Gasteiger partial charge in [-0.1, -0.05) is 0 Å². The van der Waals surface area contributed by atoms with E-state index in [1.54, 1.807) is 0 Å². The molecule has 3 fully saturated rings. The van der Waals surface area contributed by atoms with E-state index in [4.69, 9.17) is 4.74 Å². The van der Waals surface area contributed by atoms with Crippen LogP contribution in [0.3, 0.4) is 0 Å². The number of aliphatic hydroxyl groups is 1. The van der Waals surface area contributed by atoms with Gasteiger partial charge in [0.05, 0.1) is 12.7 Å². The zero-order valence-corrected chi connectivity index (χ0v) is 12.0. The molecule has 2 bridgehead atoms. The number of hydrogen-bond acceptors (Lipinski definition) is 3. The van der Waals surface area contributed by atoms with Gasteiger partial charge in [0.15, 0.2) is 0 Å². The minimum absolute atomic E-state index is 0.0264. The second-order valence-corrected chi connectivity index (χ2v) is 6.62. The van der Waals surface area contributed by atoms with Crippen LogP contribution in [0.15, 0.2) is 24.3 Å². The van der Waals surface area contributed by atoms with Gasteiger partial charge >= 0.3 is 0 Å². The molecule has 0 radical (unpaired) electrons. The highest BCUT2D eigenvalue weighted by atomic mass is 16.5. The molecule has 3 heteroatoms. The molecule has 0 spiro atoms. The Morgan fingerprint density at radius 1 is 1.10 bits per heavy atom. The molecule has 2 aliphatic carbocycles. The molecular weight excluding hydrogens is 250 g/mol. The van der Waals surface area contributed by atoms with E-state index in [0.29, 0.717) is 12.5 Å². The molecule has 5 unspecified atom stereocenters. The van der Waals surface area contributed by atoms with E-state index in [2.05, 4.69) is 29.2 Å². The lowest BCUT2D eigenvalue weighted by atomic mass is 9.80. The topological polar surface area (TPSA) is 32.7 Å². The van der Waals surface area contributed by atoms with Gasteiger partial charge in [-0.25, -0.2) is 0 Å². The van der Waals surface area contributed by atoms with Crippen molar-refractivity contribution in [2.75, 3.05) is 24.6 Å². The second kappa shape index (κ2) is 4.66. The fourth-order valence-corrected chi connectivity index (χ4v) is 4.83. The second-order valence-electron chi connectivity index (χ2n) is 6.62. The number of ether oxygens (including phenoxy) is 1. The zero-order valence-electron chi connectivity index (χ0n) is 12.0. The van der Waals surface area contributed by atoms with Gasteiger partial charge in [-0.15, -0.1) is 0 Å². The van der Waals surface area contributed by atoms with Gasteiger partial charge in [-0.05, 0) is 67.7 Å². The van der Waals surface area contributed by atoms with E-state index < -0.39 is 0 Å². The van der Waals surface area contributed by atoms with Gasteiger partial charge in [-0.2, -0.15) is 0 Å². The number of hydrogen-bond donors (Lipinski definition) is 1. The van der Waals surface area contributed by atoms with E-state index >= 15 is 0 Å². The Bertz CT molecular complexity index is 486. The Labute approximate surface area is 120 Å². The molecule has 3 nitrogen and oxygen atoms in total. The number of aliphatic hydroxyl groups excluding tert-OH is 1. The van der Waals surface area contributed by atoms with Crippen LogP contribution in [0.5, 0.6) is 5.75 Å². The van der Waals surface area contributed by atoms with Crippen LogP contribution in [-0.4, -0.2) is 30.9 Å². The Hall–Kier alpha value is -1.22. The average Bonchev–Trinajstić information content (AvgIpc) is 3.10. The van der Waals surface area contributed by atoms with E-state index in [1.165, 1.54) is 18.7 Å². The van der Waals surface area contributed by atoms with Crippen LogP contribution in [0.1, 0.15) is 19.8 Å². The molecule has 108 valence electrons. The Balaban J connectivity index is 1.49. The molecule has 5 atom stereocenters. The lowest BCUT2D eigenvalue weighted by Crippen LogP contribution is -2.30. The minimum atomic E-state index is -0.0264. The van der Waals surface area contributed by atoms with Crippen molar-refractivity contribution in [1.82, 2.24) is 0 Å². The van der Waals surface area contributed by atoms with Gasteiger partial charge in [0.1, 0.15) is 5.75 Å². The van der Waals surface area contributed by atoms with Crippen molar-refractivity contribution in [3.63, 3.8) is 0 Å². The van der Waals surface area contributed by atoms with Crippen LogP contribution in [0.25, 0.3) is 0 Å². The van der Waals surface area contributed by atoms with Gasteiger partial charge < -0.3 is 14.7 Å². The van der Waals surface area contributed by atoms with Crippen LogP contribution in [0, 0.1) is 23.7 Å². The first-order valence-electron chi connectivity index (χ1n) is 7.92. The molecule has 20 heavy (non-hydrogen) atoms. The highest BCUT2D eigenvalue weighted by molar-refractivity contribution is 5.50. The first kappa shape index (κ1) is 12.5. The quantitative estimate of drug-likeness (QED) is 0.918. The fraction of sp³-hybridized carbons (Fsp3) is 0.647. The summed E-state index contributed by atoms with van der Waals surface area (Å²) in [5, 5.41) is 10.1. The molecule has 1 aromatic rings. The third kappa shape index (κ3) is 1.83. The predicted molar refractivity (Wildman–Crippen MR) is 79.0 cm³/mol. The molecule has 1 heterocycles. The molecule has 1 aliphatic heterocycles. The largest absolute Gasteiger partial charge is 0.494 e. The summed E-state index contributed by atoms with van der Waals surface area (Å²) in [7, 11) is 0. The van der Waals surface area contributed by atoms with Crippen LogP contribution >= 0.6 is 0 Å². The molecule has 0 amide bonds. The van der Waals surface area contributed by atoms with Gasteiger partial charge in [-0.3, -0.25) is 0 Å². The van der Waals surface area contributed by atoms with Crippen LogP contribution in [0.2, 0.25) is 0 Å². The molecule has 3 aliphatic rings. The Morgan fingerprint density at radius 3 is 2.60 bits per heavy atom. The summed E-state index contributed by atoms with van der Waals surface area (Å²) in [5.74, 6) is 3.82. The molecule has 1 saturated heterocycles. The maximum atomic E-state index is 10.1. The van der Waals surface area contributed by atoms with Gasteiger partial charge in [0.25, 0.3) is 0 Å². The van der Waals surface area contributed by atoms with E-state index in [9.17, 15) is 5.11 Å². The maximum absolute atomic E-state index is 10.1. The van der Waals surface area contributed by atoms with Crippen LogP contribution in [0.4, 0.5) is 5.69 Å². The monoisotopic (exact) mass is 273 g/mol. The SMILES string of the molecule is CCOc1ccc(N2CC3C4CC(O)C(C4)C3C2)cc1. The number of rotatable bonds is 3. The summed E-state index contributed by atoms with van der Waals surface area (Å²) in [6.07, 6.45) is 2.29. The summed E-state index contributed by atoms with van der Waals surface area (Å²) < 4.78 is 5.50. The lowest BCUT2D eigenvalue weighted by Gasteiger charge is -2.26. The lowest BCUT2D eigenvalue weighted by molar-refractivity contribution is 0.0702. The Kier molecular flexibility index (Phi) is 2.92. The highest BCUT2D eigenvalue weighted by Gasteiger charge is 2.55. The van der Waals surface area contributed by atoms with Crippen LogP contribution < -0.4 is 9.64 Å². The normalized spacial score (nSPS) is 38.3. The summed E-state index contributed by atoms with van der Waals surface area (Å²) in [4.78, 5) is 2.50. The zero-order chi connectivity index (χ0) is 13.7. The van der Waals surface area contributed by atoms with Gasteiger partial charge in [0, 0.05) is 18.8 Å². The highest BCUT2D eigenvalue weighted by Crippen LogP contribution is 2.55. The molecule has 4 rings (SSSR count). The number of anilines is 1. The van der Waals surface area contributed by atoms with Crippen molar-refractivity contribution < 1.29 is 9.84 Å². The predicted octanol–water partition coefficient (Wildman–Crippen LogP) is 2.54. The number of fused-ring (bicyclic) bond motifs is 5. The van der Waals surface area contributed by atoms with Crippen molar-refractivity contribution in [3.05, 3.63) is 24.3 Å². The van der Waals surface area contributed by atoms with Gasteiger partial charge in [0.2, 0.25) is 0 Å². The average molecular weight is 273 g/mol. The minimum Gasteiger partial charge on any atom is -0.494 e. The first-order valence-corrected chi connectivity index (χ1v) is 7.92. The summed E-state index contributed by atoms with van der Waals surface area (Å²) in [6, 6.07) is 8.47. The molecule has 0 aromatic heterocycles. The van der Waals surface area contributed by atoms with E-state index in [0.717, 1.165) is 36.5 Å². The fourth-order valence-electron chi connectivity index (χ4n) is 4.83. The van der Waals surface area contributed by atoms with Crippen molar-refractivity contribution >= 4 is 5.69 Å². The van der Waals surface area contributed by atoms with Crippen molar-refractivity contribution in [2.45, 2.75) is 25.9 Å². The summed E-state index contributed by atoms with van der Waals surface area (Å²) in [5.41, 5.74) is 1.30. The number of benzene rings is 1. The van der Waals surface area contributed by atoms with Crippen molar-refractivity contribution in [1.29, 1.82) is 0 Å². The molecule has 1 N–H and O–H groups in total. The van der Waals surface area contributed by atoms with Crippen LogP contribution in [-0.2, 0) is 0 Å². The summed E-state index contributed by atoms with van der Waals surface area (Å²) >= 11 is 0. The van der Waals surface area contributed by atoms with Crippen molar-refractivity contribution in [3.8, 4) is 5.75 Å². The summed E-state index contributed by atoms with van der Waals surface area (Å²) in [6.45, 7) is 5.02. The van der Waals surface area contributed by atoms with E-state index in [-0.39, 0.29) is 6.10 Å². The van der Waals surface area contributed by atoms with Crippen molar-refractivity contribution in [2.24, 2.45) is 23.7 Å². The number of nitrogens with zero attached hydrogens (tertiary/aromatic N) is 1. The standard InChI is InChI=1S/C17H23NO2/c1-2-20-13-5-3-12(4-6-13)18-9-15-11-7-14(16(15)10-18)17(19)8-11/h3-6,11,14-17,19H,2,7-10H2,1H3.